The lowest BCUT2D eigenvalue weighted by Gasteiger charge is -1.89. The molecule has 0 aromatic carbocycles. The van der Waals surface area contributed by atoms with Crippen LogP contribution in [-0.4, -0.2) is 9.91 Å². The van der Waals surface area contributed by atoms with E-state index >= 15 is 0 Å². The summed E-state index contributed by atoms with van der Waals surface area (Å²) in [6, 6.07) is 2.69. The van der Waals surface area contributed by atoms with E-state index in [0.717, 1.165) is 0 Å². The molecule has 0 saturated heterocycles. The average molecular weight is 136 g/mol. The number of hydrogen-bond donors (Lipinski definition) is 0. The quantitative estimate of drug-likeness (QED) is 0.428. The monoisotopic (exact) mass is 136 g/mol. The first-order chi connectivity index (χ1) is 4.70. The number of pyridine rings is 1. The topological polar surface area (TPSA) is 56.0 Å². The maximum atomic E-state index is 10.0. The van der Waals surface area contributed by atoms with E-state index in [1.54, 1.807) is 0 Å². The number of nitro groups is 1. The van der Waals surface area contributed by atoms with Gasteiger partial charge in [-0.1, -0.05) is 0 Å². The fourth-order valence-corrected chi connectivity index (χ4v) is 0.505. The number of nitrogens with zero attached hydrogens (tertiary/aromatic N) is 2. The van der Waals surface area contributed by atoms with Crippen LogP contribution in [0, 0.1) is 17.0 Å². The molecule has 0 bridgehead atoms. The van der Waals surface area contributed by atoms with Crippen molar-refractivity contribution in [2.75, 3.05) is 0 Å². The third-order valence-electron chi connectivity index (χ3n) is 0.958. The van der Waals surface area contributed by atoms with Gasteiger partial charge in [0, 0.05) is 18.6 Å². The Kier molecular flexibility index (Phi) is 1.62. The summed E-state index contributed by atoms with van der Waals surface area (Å²) in [5.41, 5.74) is 0.422. The summed E-state index contributed by atoms with van der Waals surface area (Å²) in [5, 5.41) is 10.0. The molecule has 4 heteroatoms. The highest BCUT2D eigenvalue weighted by Gasteiger charge is 2.02. The molecule has 0 amide bonds. The maximum Gasteiger partial charge on any atom is 0.363 e. The molecule has 0 aliphatic carbocycles. The Morgan fingerprint density at radius 2 is 2.30 bits per heavy atom. The average Bonchev–Trinajstić information content (AvgIpc) is 1.88. The summed E-state index contributed by atoms with van der Waals surface area (Å²) in [6.07, 6.45) is 1.25. The molecule has 1 aromatic heterocycles. The summed E-state index contributed by atoms with van der Waals surface area (Å²) >= 11 is 0. The lowest BCUT2D eigenvalue weighted by Crippen LogP contribution is -1.90. The molecule has 0 aliphatic heterocycles. The zero-order valence-corrected chi connectivity index (χ0v) is 5.02. The lowest BCUT2D eigenvalue weighted by molar-refractivity contribution is -0.389. The van der Waals surface area contributed by atoms with Gasteiger partial charge in [0.1, 0.15) is 6.20 Å². The molecule has 10 heavy (non-hydrogen) atoms. The highest BCUT2D eigenvalue weighted by molar-refractivity contribution is 5.23. The fourth-order valence-electron chi connectivity index (χ4n) is 0.505. The first-order valence-electron chi connectivity index (χ1n) is 2.56. The minimum atomic E-state index is -0.570. The second-order valence-corrected chi connectivity index (χ2v) is 1.71. The van der Waals surface area contributed by atoms with Gasteiger partial charge >= 0.3 is 5.82 Å². The van der Waals surface area contributed by atoms with Crippen LogP contribution in [0.4, 0.5) is 5.82 Å². The van der Waals surface area contributed by atoms with Crippen molar-refractivity contribution in [3.63, 3.8) is 0 Å². The van der Waals surface area contributed by atoms with Gasteiger partial charge in [-0.05, 0) is 16.0 Å². The van der Waals surface area contributed by atoms with E-state index in [1.807, 2.05) is 0 Å². The summed E-state index contributed by atoms with van der Waals surface area (Å²) in [4.78, 5) is 12.9. The van der Waals surface area contributed by atoms with Crippen molar-refractivity contribution in [3.05, 3.63) is 40.9 Å². The van der Waals surface area contributed by atoms with Crippen molar-refractivity contribution in [1.82, 2.24) is 4.98 Å². The number of hydrogen-bond acceptors (Lipinski definition) is 3. The first kappa shape index (κ1) is 6.67. The third kappa shape index (κ3) is 1.28. The van der Waals surface area contributed by atoms with Crippen molar-refractivity contribution >= 4 is 5.82 Å². The van der Waals surface area contributed by atoms with Crippen LogP contribution in [0.3, 0.4) is 0 Å². The molecule has 1 heterocycles. The third-order valence-corrected chi connectivity index (χ3v) is 0.958. The molecule has 50 valence electrons. The van der Waals surface area contributed by atoms with E-state index in [4.69, 9.17) is 6.92 Å². The van der Waals surface area contributed by atoms with Gasteiger partial charge in [-0.2, -0.15) is 0 Å². The summed E-state index contributed by atoms with van der Waals surface area (Å²) < 4.78 is 0. The van der Waals surface area contributed by atoms with Gasteiger partial charge in [0.05, 0.1) is 0 Å². The van der Waals surface area contributed by atoms with E-state index in [2.05, 4.69) is 4.98 Å². The van der Waals surface area contributed by atoms with E-state index in [0.29, 0.717) is 5.56 Å². The van der Waals surface area contributed by atoms with Gasteiger partial charge < -0.3 is 10.1 Å². The summed E-state index contributed by atoms with van der Waals surface area (Å²) in [6.45, 7) is 5.24. The van der Waals surface area contributed by atoms with Crippen LogP contribution in [0.5, 0.6) is 0 Å². The maximum absolute atomic E-state index is 10.0. The smallest absolute Gasteiger partial charge is 0.358 e. The highest BCUT2D eigenvalue weighted by atomic mass is 16.6. The van der Waals surface area contributed by atoms with Crippen molar-refractivity contribution < 1.29 is 4.92 Å². The summed E-state index contributed by atoms with van der Waals surface area (Å²) in [7, 11) is 0. The Bertz CT molecular complexity index is 242. The van der Waals surface area contributed by atoms with Crippen LogP contribution in [0.15, 0.2) is 18.3 Å². The molecule has 1 rings (SSSR count). The van der Waals surface area contributed by atoms with Crippen LogP contribution in [0.25, 0.3) is 0 Å². The molecule has 0 spiro atoms. The molecule has 2 radical (unpaired) electrons. The molecule has 0 saturated carbocycles. The van der Waals surface area contributed by atoms with Crippen molar-refractivity contribution in [1.29, 1.82) is 0 Å². The molecular formula is C6H4N2O2. The van der Waals surface area contributed by atoms with Crippen LogP contribution in [-0.2, 0) is 0 Å². The molecule has 0 unspecified atom stereocenters. The number of rotatable bonds is 1. The van der Waals surface area contributed by atoms with E-state index in [-0.39, 0.29) is 5.82 Å². The SMILES string of the molecule is [CH]c1ccc([N+](=O)[O-])nc1. The fraction of sp³-hybridized carbons (Fsp3) is 0. The Morgan fingerprint density at radius 3 is 2.70 bits per heavy atom. The lowest BCUT2D eigenvalue weighted by atomic mass is 10.3. The minimum absolute atomic E-state index is 0.186. The highest BCUT2D eigenvalue weighted by Crippen LogP contribution is 2.05. The van der Waals surface area contributed by atoms with E-state index in [9.17, 15) is 10.1 Å². The Hall–Kier alpha value is -1.45. The molecule has 4 nitrogen and oxygen atoms in total. The van der Waals surface area contributed by atoms with Crippen LogP contribution in [0.1, 0.15) is 5.56 Å². The zero-order valence-electron chi connectivity index (χ0n) is 5.02. The van der Waals surface area contributed by atoms with Gasteiger partial charge in [-0.25, -0.2) is 0 Å². The van der Waals surface area contributed by atoms with Crippen LogP contribution >= 0.6 is 0 Å². The minimum Gasteiger partial charge on any atom is -0.358 e. The van der Waals surface area contributed by atoms with Gasteiger partial charge in [0.2, 0.25) is 0 Å². The van der Waals surface area contributed by atoms with Crippen LogP contribution in [0.2, 0.25) is 0 Å². The van der Waals surface area contributed by atoms with E-state index in [1.165, 1.54) is 18.3 Å². The zero-order chi connectivity index (χ0) is 7.56. The Morgan fingerprint density at radius 1 is 1.60 bits per heavy atom. The molecule has 0 fully saturated rings. The summed E-state index contributed by atoms with van der Waals surface area (Å²) in [5.74, 6) is -0.186. The largest absolute Gasteiger partial charge is 0.363 e. The molecule has 1 aromatic rings. The Balaban J connectivity index is 3.00. The normalized spacial score (nSPS) is 9.30. The van der Waals surface area contributed by atoms with Gasteiger partial charge in [-0.15, -0.1) is 0 Å². The second kappa shape index (κ2) is 2.43. The standard InChI is InChI=1S/C6H4N2O2/c1-5-2-3-6(7-4-5)8(9)10/h1-4H. The molecule has 0 N–H and O–H groups in total. The molecular weight excluding hydrogens is 132 g/mol. The molecule has 0 atom stereocenters. The first-order valence-corrected chi connectivity index (χ1v) is 2.56. The van der Waals surface area contributed by atoms with Gasteiger partial charge in [-0.3, -0.25) is 0 Å². The predicted octanol–water partition coefficient (Wildman–Crippen LogP) is 1.05. The molecule has 0 aliphatic rings. The second-order valence-electron chi connectivity index (χ2n) is 1.71. The van der Waals surface area contributed by atoms with Crippen molar-refractivity contribution in [2.45, 2.75) is 0 Å². The van der Waals surface area contributed by atoms with Gasteiger partial charge in [0.25, 0.3) is 0 Å². The van der Waals surface area contributed by atoms with Crippen molar-refractivity contribution in [3.8, 4) is 0 Å². The van der Waals surface area contributed by atoms with Gasteiger partial charge in [0.15, 0.2) is 0 Å². The van der Waals surface area contributed by atoms with E-state index < -0.39 is 4.92 Å². The predicted molar refractivity (Wildman–Crippen MR) is 34.3 cm³/mol. The van der Waals surface area contributed by atoms with Crippen molar-refractivity contribution in [2.24, 2.45) is 0 Å². The number of aromatic nitrogens is 1. The Labute approximate surface area is 57.7 Å². The van der Waals surface area contributed by atoms with Crippen LogP contribution < -0.4 is 0 Å².